The maximum atomic E-state index is 12.6. The van der Waals surface area contributed by atoms with Crippen LogP contribution in [0.1, 0.15) is 28.3 Å². The van der Waals surface area contributed by atoms with Crippen molar-refractivity contribution >= 4 is 15.8 Å². The number of aromatic nitrogens is 1. The Kier molecular flexibility index (Phi) is 4.06. The molecule has 0 bridgehead atoms. The predicted molar refractivity (Wildman–Crippen MR) is 80.6 cm³/mol. The molecule has 7 heteroatoms. The molecule has 3 N–H and O–H groups in total. The van der Waals surface area contributed by atoms with Gasteiger partial charge in [-0.15, -0.1) is 0 Å². The Bertz CT molecular complexity index is 759. The lowest BCUT2D eigenvalue weighted by atomic mass is 10.2. The Morgan fingerprint density at radius 2 is 1.86 bits per heavy atom. The average Bonchev–Trinajstić information content (AvgIpc) is 2.61. The third kappa shape index (κ3) is 3.08. The van der Waals surface area contributed by atoms with Crippen LogP contribution in [0.5, 0.6) is 0 Å². The number of sulfonamides is 1. The standard InChI is InChI=1S/C14H19N3O3S/c1-8-5-9(2)16-13(6-8)17-21(18,19)14-11(4)20-10(3)12(14)7-15/h5-6H,7,15H2,1-4H3,(H,16,17). The van der Waals surface area contributed by atoms with E-state index in [0.717, 1.165) is 11.3 Å². The first-order chi connectivity index (χ1) is 9.74. The highest BCUT2D eigenvalue weighted by Gasteiger charge is 2.26. The van der Waals surface area contributed by atoms with E-state index in [9.17, 15) is 8.42 Å². The summed E-state index contributed by atoms with van der Waals surface area (Å²) in [5.41, 5.74) is 7.80. The summed E-state index contributed by atoms with van der Waals surface area (Å²) in [4.78, 5) is 4.28. The van der Waals surface area contributed by atoms with Gasteiger partial charge in [0.2, 0.25) is 0 Å². The molecule has 0 saturated carbocycles. The molecule has 0 atom stereocenters. The van der Waals surface area contributed by atoms with Gasteiger partial charge < -0.3 is 10.2 Å². The van der Waals surface area contributed by atoms with Crippen LogP contribution in [0.2, 0.25) is 0 Å². The van der Waals surface area contributed by atoms with Gasteiger partial charge in [-0.25, -0.2) is 13.4 Å². The molecule has 0 aromatic carbocycles. The number of pyridine rings is 1. The van der Waals surface area contributed by atoms with Crippen LogP contribution in [-0.2, 0) is 16.6 Å². The highest BCUT2D eigenvalue weighted by molar-refractivity contribution is 7.92. The number of furan rings is 1. The van der Waals surface area contributed by atoms with Gasteiger partial charge in [-0.1, -0.05) is 0 Å². The van der Waals surface area contributed by atoms with Crippen molar-refractivity contribution in [1.29, 1.82) is 0 Å². The third-order valence-electron chi connectivity index (χ3n) is 3.13. The first kappa shape index (κ1) is 15.5. The minimum absolute atomic E-state index is 0.0969. The van der Waals surface area contributed by atoms with Gasteiger partial charge in [-0.05, 0) is 45.4 Å². The van der Waals surface area contributed by atoms with Gasteiger partial charge in [-0.2, -0.15) is 0 Å². The lowest BCUT2D eigenvalue weighted by Crippen LogP contribution is -2.17. The highest BCUT2D eigenvalue weighted by atomic mass is 32.2. The van der Waals surface area contributed by atoms with E-state index in [1.807, 2.05) is 19.9 Å². The number of anilines is 1. The monoisotopic (exact) mass is 309 g/mol. The maximum absolute atomic E-state index is 12.6. The number of nitrogens with zero attached hydrogens (tertiary/aromatic N) is 1. The largest absolute Gasteiger partial charge is 0.465 e. The fraction of sp³-hybridized carbons (Fsp3) is 0.357. The van der Waals surface area contributed by atoms with E-state index < -0.39 is 10.0 Å². The van der Waals surface area contributed by atoms with Gasteiger partial charge in [-0.3, -0.25) is 4.72 Å². The normalized spacial score (nSPS) is 11.7. The molecule has 0 spiro atoms. The van der Waals surface area contributed by atoms with Crippen molar-refractivity contribution < 1.29 is 12.8 Å². The first-order valence-corrected chi connectivity index (χ1v) is 8.00. The minimum atomic E-state index is -3.79. The lowest BCUT2D eigenvalue weighted by molar-refractivity contribution is 0.494. The van der Waals surface area contributed by atoms with E-state index in [0.29, 0.717) is 17.1 Å². The molecule has 2 aromatic rings. The van der Waals surface area contributed by atoms with E-state index in [-0.39, 0.29) is 17.3 Å². The molecule has 0 radical (unpaired) electrons. The summed E-state index contributed by atoms with van der Waals surface area (Å²) < 4.78 is 33.0. The van der Waals surface area contributed by atoms with Crippen molar-refractivity contribution in [3.05, 3.63) is 40.5 Å². The average molecular weight is 309 g/mol. The van der Waals surface area contributed by atoms with Crippen LogP contribution in [0, 0.1) is 27.7 Å². The van der Waals surface area contributed by atoms with Gasteiger partial charge in [0.1, 0.15) is 22.2 Å². The second kappa shape index (κ2) is 5.50. The Hall–Kier alpha value is -1.86. The highest BCUT2D eigenvalue weighted by Crippen LogP contribution is 2.27. The molecule has 0 unspecified atom stereocenters. The predicted octanol–water partition coefficient (Wildman–Crippen LogP) is 2.17. The Labute approximate surface area is 124 Å². The van der Waals surface area contributed by atoms with Crippen molar-refractivity contribution in [3.8, 4) is 0 Å². The smallest absolute Gasteiger partial charge is 0.266 e. The molecular weight excluding hydrogens is 290 g/mol. The minimum Gasteiger partial charge on any atom is -0.465 e. The van der Waals surface area contributed by atoms with Crippen molar-refractivity contribution in [1.82, 2.24) is 4.98 Å². The molecule has 21 heavy (non-hydrogen) atoms. The molecule has 2 heterocycles. The molecule has 6 nitrogen and oxygen atoms in total. The second-order valence-electron chi connectivity index (χ2n) is 5.00. The number of nitrogens with one attached hydrogen (secondary N) is 1. The molecule has 0 amide bonds. The van der Waals surface area contributed by atoms with Crippen molar-refractivity contribution in [2.75, 3.05) is 4.72 Å². The maximum Gasteiger partial charge on any atom is 0.266 e. The zero-order valence-corrected chi connectivity index (χ0v) is 13.3. The summed E-state index contributed by atoms with van der Waals surface area (Å²) in [7, 11) is -3.79. The molecule has 0 saturated heterocycles. The SMILES string of the molecule is Cc1cc(C)nc(NS(=O)(=O)c2c(C)oc(C)c2CN)c1. The molecule has 0 fully saturated rings. The van der Waals surface area contributed by atoms with E-state index >= 15 is 0 Å². The number of hydrogen-bond donors (Lipinski definition) is 2. The molecule has 2 rings (SSSR count). The van der Waals surface area contributed by atoms with Gasteiger partial charge in [0.05, 0.1) is 0 Å². The number of aryl methyl sites for hydroxylation is 4. The zero-order valence-electron chi connectivity index (χ0n) is 12.5. The summed E-state index contributed by atoms with van der Waals surface area (Å²) in [6.07, 6.45) is 0. The van der Waals surface area contributed by atoms with Crippen LogP contribution in [-0.4, -0.2) is 13.4 Å². The molecule has 2 aromatic heterocycles. The third-order valence-corrected chi connectivity index (χ3v) is 4.68. The summed E-state index contributed by atoms with van der Waals surface area (Å²) >= 11 is 0. The van der Waals surface area contributed by atoms with E-state index in [1.54, 1.807) is 19.9 Å². The van der Waals surface area contributed by atoms with Gasteiger partial charge in [0.15, 0.2) is 0 Å². The van der Waals surface area contributed by atoms with Crippen molar-refractivity contribution in [3.63, 3.8) is 0 Å². The van der Waals surface area contributed by atoms with Crippen LogP contribution in [0.15, 0.2) is 21.4 Å². The number of rotatable bonds is 4. The zero-order chi connectivity index (χ0) is 15.8. The van der Waals surface area contributed by atoms with Crippen LogP contribution >= 0.6 is 0 Å². The molecule has 0 aliphatic carbocycles. The van der Waals surface area contributed by atoms with E-state index in [1.165, 1.54) is 0 Å². The first-order valence-electron chi connectivity index (χ1n) is 6.51. The van der Waals surface area contributed by atoms with Crippen LogP contribution in [0.25, 0.3) is 0 Å². The van der Waals surface area contributed by atoms with E-state index in [2.05, 4.69) is 9.71 Å². The topological polar surface area (TPSA) is 98.2 Å². The lowest BCUT2D eigenvalue weighted by Gasteiger charge is -2.09. The quantitative estimate of drug-likeness (QED) is 0.902. The van der Waals surface area contributed by atoms with Crippen LogP contribution in [0.3, 0.4) is 0 Å². The molecule has 114 valence electrons. The molecule has 0 aliphatic rings. The summed E-state index contributed by atoms with van der Waals surface area (Å²) in [6, 6.07) is 3.55. The van der Waals surface area contributed by atoms with Crippen molar-refractivity contribution in [2.24, 2.45) is 5.73 Å². The summed E-state index contributed by atoms with van der Waals surface area (Å²) in [5.74, 6) is 1.13. The van der Waals surface area contributed by atoms with Crippen molar-refractivity contribution in [2.45, 2.75) is 39.1 Å². The fourth-order valence-corrected chi connectivity index (χ4v) is 3.83. The number of nitrogens with two attached hydrogens (primary N) is 1. The van der Waals surface area contributed by atoms with Gasteiger partial charge in [0, 0.05) is 17.8 Å². The van der Waals surface area contributed by atoms with Gasteiger partial charge >= 0.3 is 0 Å². The number of hydrogen-bond acceptors (Lipinski definition) is 5. The second-order valence-corrected chi connectivity index (χ2v) is 6.62. The summed E-state index contributed by atoms with van der Waals surface area (Å²) in [5, 5.41) is 0. The molecular formula is C14H19N3O3S. The van der Waals surface area contributed by atoms with E-state index in [4.69, 9.17) is 10.2 Å². The molecule has 0 aliphatic heterocycles. The summed E-state index contributed by atoms with van der Waals surface area (Å²) in [6.45, 7) is 7.09. The fourth-order valence-electron chi connectivity index (χ4n) is 2.38. The van der Waals surface area contributed by atoms with Crippen LogP contribution < -0.4 is 10.5 Å². The Morgan fingerprint density at radius 1 is 1.19 bits per heavy atom. The van der Waals surface area contributed by atoms with Crippen LogP contribution in [0.4, 0.5) is 5.82 Å². The Balaban J connectivity index is 2.48. The Morgan fingerprint density at radius 3 is 2.43 bits per heavy atom. The van der Waals surface area contributed by atoms with Gasteiger partial charge in [0.25, 0.3) is 10.0 Å².